The fourth-order valence-corrected chi connectivity index (χ4v) is 2.53. The Bertz CT molecular complexity index is 816. The minimum atomic E-state index is -0.630. The van der Waals surface area contributed by atoms with E-state index in [-0.39, 0.29) is 11.7 Å². The summed E-state index contributed by atoms with van der Waals surface area (Å²) in [6, 6.07) is 13.7. The molecule has 6 nitrogen and oxygen atoms in total. The Hall–Kier alpha value is -3.09. The summed E-state index contributed by atoms with van der Waals surface area (Å²) in [5, 5.41) is 16.7. The number of hydrogen-bond donors (Lipinski definition) is 2. The van der Waals surface area contributed by atoms with Crippen molar-refractivity contribution in [3.8, 4) is 0 Å². The normalized spacial score (nSPS) is 11.9. The number of nitrogens with one attached hydrogen (secondary N) is 2. The van der Waals surface area contributed by atoms with Gasteiger partial charge in [0.1, 0.15) is 11.7 Å². The third kappa shape index (κ3) is 4.26. The van der Waals surface area contributed by atoms with Crippen molar-refractivity contribution >= 4 is 11.6 Å². The standard InChI is InChI=1S/C18H18FN5O/c1-2-12-5-9-15(10-6-12)20-18(25)16(17-21-23-24-22-17)11-13-3-7-14(19)8-4-13/h3-10,16H,2,11H2,1H3,(H,20,25)(H,21,22,23,24)/t16-/m0/s1. The Morgan fingerprint density at radius 2 is 1.80 bits per heavy atom. The molecule has 1 aromatic heterocycles. The van der Waals surface area contributed by atoms with E-state index in [0.29, 0.717) is 17.9 Å². The molecule has 128 valence electrons. The predicted molar refractivity (Wildman–Crippen MR) is 91.5 cm³/mol. The van der Waals surface area contributed by atoms with Gasteiger partial charge >= 0.3 is 0 Å². The predicted octanol–water partition coefficient (Wildman–Crippen LogP) is 2.87. The summed E-state index contributed by atoms with van der Waals surface area (Å²) in [7, 11) is 0. The van der Waals surface area contributed by atoms with E-state index in [2.05, 4.69) is 32.9 Å². The largest absolute Gasteiger partial charge is 0.325 e. The number of H-pyrrole nitrogens is 1. The smallest absolute Gasteiger partial charge is 0.235 e. The molecule has 3 aromatic rings. The molecule has 1 amide bonds. The number of aryl methyl sites for hydroxylation is 1. The molecule has 0 saturated carbocycles. The fraction of sp³-hybridized carbons (Fsp3) is 0.222. The van der Waals surface area contributed by atoms with Crippen molar-refractivity contribution in [3.05, 3.63) is 71.3 Å². The minimum absolute atomic E-state index is 0.241. The van der Waals surface area contributed by atoms with Gasteiger partial charge in [0.25, 0.3) is 0 Å². The Kier molecular flexibility index (Phi) is 5.13. The van der Waals surface area contributed by atoms with Crippen LogP contribution in [0.4, 0.5) is 10.1 Å². The molecule has 2 N–H and O–H groups in total. The number of tetrazole rings is 1. The van der Waals surface area contributed by atoms with E-state index in [1.165, 1.54) is 17.7 Å². The number of carbonyl (C=O) groups is 1. The fourth-order valence-electron chi connectivity index (χ4n) is 2.53. The number of halogens is 1. The SMILES string of the molecule is CCc1ccc(NC(=O)[C@@H](Cc2ccc(F)cc2)c2nn[nH]n2)cc1. The van der Waals surface area contributed by atoms with Gasteiger partial charge in [0.15, 0.2) is 5.82 Å². The number of aromatic nitrogens is 4. The zero-order chi connectivity index (χ0) is 17.6. The number of nitrogens with zero attached hydrogens (tertiary/aromatic N) is 3. The highest BCUT2D eigenvalue weighted by Crippen LogP contribution is 2.20. The quantitative estimate of drug-likeness (QED) is 0.723. The number of rotatable bonds is 6. The molecule has 0 spiro atoms. The molecule has 0 aliphatic heterocycles. The van der Waals surface area contributed by atoms with E-state index in [4.69, 9.17) is 0 Å². The highest BCUT2D eigenvalue weighted by atomic mass is 19.1. The van der Waals surface area contributed by atoms with E-state index in [1.807, 2.05) is 24.3 Å². The summed E-state index contributed by atoms with van der Waals surface area (Å²) in [5.41, 5.74) is 2.71. The average molecular weight is 339 g/mol. The Morgan fingerprint density at radius 1 is 1.12 bits per heavy atom. The van der Waals surface area contributed by atoms with Crippen LogP contribution in [0.5, 0.6) is 0 Å². The molecule has 3 rings (SSSR count). The summed E-state index contributed by atoms with van der Waals surface area (Å²) in [4.78, 5) is 12.7. The van der Waals surface area contributed by atoms with Crippen molar-refractivity contribution in [2.45, 2.75) is 25.7 Å². The number of anilines is 1. The van der Waals surface area contributed by atoms with Gasteiger partial charge in [-0.3, -0.25) is 4.79 Å². The molecule has 0 bridgehead atoms. The first-order valence-corrected chi connectivity index (χ1v) is 8.03. The third-order valence-electron chi connectivity index (χ3n) is 3.97. The van der Waals surface area contributed by atoms with Crippen LogP contribution in [0.3, 0.4) is 0 Å². The van der Waals surface area contributed by atoms with Crippen molar-refractivity contribution in [2.24, 2.45) is 0 Å². The maximum atomic E-state index is 13.1. The average Bonchev–Trinajstić information content (AvgIpc) is 3.16. The Balaban J connectivity index is 1.78. The van der Waals surface area contributed by atoms with Crippen LogP contribution in [0, 0.1) is 5.82 Å². The molecule has 2 aromatic carbocycles. The zero-order valence-corrected chi connectivity index (χ0v) is 13.7. The molecule has 25 heavy (non-hydrogen) atoms. The highest BCUT2D eigenvalue weighted by molar-refractivity contribution is 5.95. The van der Waals surface area contributed by atoms with Gasteiger partial charge in [-0.1, -0.05) is 36.4 Å². The van der Waals surface area contributed by atoms with Gasteiger partial charge in [0.2, 0.25) is 5.91 Å². The van der Waals surface area contributed by atoms with Crippen LogP contribution in [0.25, 0.3) is 0 Å². The summed E-state index contributed by atoms with van der Waals surface area (Å²) in [6.07, 6.45) is 1.28. The first-order chi connectivity index (χ1) is 12.2. The Labute approximate surface area is 144 Å². The van der Waals surface area contributed by atoms with Crippen LogP contribution in [0.1, 0.15) is 29.8 Å². The first kappa shape index (κ1) is 16.8. The van der Waals surface area contributed by atoms with Crippen LogP contribution < -0.4 is 5.32 Å². The van der Waals surface area contributed by atoms with E-state index in [9.17, 15) is 9.18 Å². The molecular weight excluding hydrogens is 321 g/mol. The summed E-state index contributed by atoms with van der Waals surface area (Å²) >= 11 is 0. The minimum Gasteiger partial charge on any atom is -0.325 e. The van der Waals surface area contributed by atoms with Gasteiger partial charge in [-0.15, -0.1) is 10.2 Å². The lowest BCUT2D eigenvalue weighted by Gasteiger charge is -2.14. The molecule has 1 atom stereocenters. The molecule has 7 heteroatoms. The number of benzene rings is 2. The highest BCUT2D eigenvalue weighted by Gasteiger charge is 2.25. The molecule has 0 unspecified atom stereocenters. The lowest BCUT2D eigenvalue weighted by molar-refractivity contribution is -0.117. The first-order valence-electron chi connectivity index (χ1n) is 8.03. The number of hydrogen-bond acceptors (Lipinski definition) is 4. The second-order valence-corrected chi connectivity index (χ2v) is 5.69. The second kappa shape index (κ2) is 7.65. The summed E-state index contributed by atoms with van der Waals surface area (Å²) in [6.45, 7) is 2.07. The van der Waals surface area contributed by atoms with Gasteiger partial charge in [0, 0.05) is 5.69 Å². The number of carbonyl (C=O) groups excluding carboxylic acids is 1. The van der Waals surface area contributed by atoms with Gasteiger partial charge in [-0.05, 0) is 48.2 Å². The van der Waals surface area contributed by atoms with E-state index in [0.717, 1.165) is 12.0 Å². The molecular formula is C18H18FN5O. The maximum absolute atomic E-state index is 13.1. The molecule has 0 fully saturated rings. The number of aromatic amines is 1. The monoisotopic (exact) mass is 339 g/mol. The topological polar surface area (TPSA) is 83.6 Å². The third-order valence-corrected chi connectivity index (χ3v) is 3.97. The zero-order valence-electron chi connectivity index (χ0n) is 13.7. The molecule has 0 aliphatic carbocycles. The van der Waals surface area contributed by atoms with E-state index < -0.39 is 5.92 Å². The van der Waals surface area contributed by atoms with Crippen LogP contribution in [-0.4, -0.2) is 26.5 Å². The van der Waals surface area contributed by atoms with E-state index in [1.54, 1.807) is 12.1 Å². The van der Waals surface area contributed by atoms with Crippen LogP contribution in [0.15, 0.2) is 48.5 Å². The Morgan fingerprint density at radius 3 is 2.40 bits per heavy atom. The van der Waals surface area contributed by atoms with E-state index >= 15 is 0 Å². The summed E-state index contributed by atoms with van der Waals surface area (Å²) in [5.74, 6) is -0.891. The van der Waals surface area contributed by atoms with Crippen molar-refractivity contribution in [1.82, 2.24) is 20.6 Å². The second-order valence-electron chi connectivity index (χ2n) is 5.69. The molecule has 0 saturated heterocycles. The lowest BCUT2D eigenvalue weighted by atomic mass is 9.97. The van der Waals surface area contributed by atoms with Crippen molar-refractivity contribution < 1.29 is 9.18 Å². The van der Waals surface area contributed by atoms with Crippen molar-refractivity contribution in [2.75, 3.05) is 5.32 Å². The van der Waals surface area contributed by atoms with Gasteiger partial charge in [0.05, 0.1) is 0 Å². The van der Waals surface area contributed by atoms with Crippen LogP contribution >= 0.6 is 0 Å². The lowest BCUT2D eigenvalue weighted by Crippen LogP contribution is -2.24. The molecule has 0 aliphatic rings. The molecule has 1 heterocycles. The number of amides is 1. The van der Waals surface area contributed by atoms with Crippen molar-refractivity contribution in [1.29, 1.82) is 0 Å². The van der Waals surface area contributed by atoms with Gasteiger partial charge in [-0.25, -0.2) is 4.39 Å². The van der Waals surface area contributed by atoms with Crippen molar-refractivity contribution in [3.63, 3.8) is 0 Å². The summed E-state index contributed by atoms with van der Waals surface area (Å²) < 4.78 is 13.1. The van der Waals surface area contributed by atoms with Crippen LogP contribution in [-0.2, 0) is 17.6 Å². The van der Waals surface area contributed by atoms with Gasteiger partial charge in [-0.2, -0.15) is 5.21 Å². The van der Waals surface area contributed by atoms with Gasteiger partial charge < -0.3 is 5.32 Å². The maximum Gasteiger partial charge on any atom is 0.235 e. The molecule has 0 radical (unpaired) electrons. The van der Waals surface area contributed by atoms with Crippen LogP contribution in [0.2, 0.25) is 0 Å².